The lowest BCUT2D eigenvalue weighted by molar-refractivity contribution is -0.161. The zero-order chi connectivity index (χ0) is 26.2. The van der Waals surface area contributed by atoms with Crippen molar-refractivity contribution in [1.82, 2.24) is 20.2 Å². The molecule has 2 unspecified atom stereocenters. The van der Waals surface area contributed by atoms with E-state index in [0.717, 1.165) is 34.6 Å². The highest BCUT2D eigenvalue weighted by Gasteiger charge is 2.45. The summed E-state index contributed by atoms with van der Waals surface area (Å²) in [5.41, 5.74) is 4.01. The Balaban J connectivity index is 1.53. The van der Waals surface area contributed by atoms with Crippen molar-refractivity contribution in [2.24, 2.45) is 0 Å². The zero-order valence-corrected chi connectivity index (χ0v) is 21.8. The molecule has 0 saturated carbocycles. The first-order valence-electron chi connectivity index (χ1n) is 12.9. The molecule has 1 aromatic heterocycles. The number of aromatic amines is 1. The van der Waals surface area contributed by atoms with E-state index in [1.165, 1.54) is 0 Å². The number of H-pyrrole nitrogens is 1. The number of nitrogens with one attached hydrogen (secondary N) is 2. The number of likely N-dealkylation sites (tertiary alicyclic amines) is 1. The van der Waals surface area contributed by atoms with E-state index in [9.17, 15) is 9.59 Å². The summed E-state index contributed by atoms with van der Waals surface area (Å²) in [7, 11) is 1.62. The van der Waals surface area contributed by atoms with Gasteiger partial charge in [0, 0.05) is 31.3 Å². The van der Waals surface area contributed by atoms with Crippen LogP contribution in [0.15, 0.2) is 61.1 Å². The number of rotatable bonds is 12. The Hall–Kier alpha value is -3.65. The van der Waals surface area contributed by atoms with Crippen LogP contribution < -0.4 is 10.1 Å². The minimum absolute atomic E-state index is 0.0663. The van der Waals surface area contributed by atoms with Crippen molar-refractivity contribution in [3.63, 3.8) is 0 Å². The maximum absolute atomic E-state index is 13.9. The number of hydrogen-bond donors (Lipinski definition) is 2. The summed E-state index contributed by atoms with van der Waals surface area (Å²) in [6.07, 6.45) is 5.32. The second-order valence-electron chi connectivity index (χ2n) is 9.51. The van der Waals surface area contributed by atoms with Crippen molar-refractivity contribution >= 4 is 11.8 Å². The number of methoxy groups -OCH3 is 1. The Kier molecular flexibility index (Phi) is 8.95. The summed E-state index contributed by atoms with van der Waals surface area (Å²) in [5, 5.41) is 3.01. The molecule has 8 nitrogen and oxygen atoms in total. The monoisotopic (exact) mass is 504 g/mol. The Morgan fingerprint density at radius 2 is 2.03 bits per heavy atom. The number of amides is 2. The third-order valence-electron chi connectivity index (χ3n) is 6.68. The van der Waals surface area contributed by atoms with Crippen LogP contribution in [0.5, 0.6) is 5.75 Å². The van der Waals surface area contributed by atoms with Gasteiger partial charge in [0.15, 0.2) is 0 Å². The highest BCUT2D eigenvalue weighted by molar-refractivity contribution is 5.89. The molecule has 1 saturated heterocycles. The normalized spacial score (nSPS) is 17.6. The number of carbonyl (C=O) groups excluding carboxylic acids is 2. The lowest BCUT2D eigenvalue weighted by Crippen LogP contribution is -2.62. The van der Waals surface area contributed by atoms with Gasteiger partial charge in [-0.3, -0.25) is 9.59 Å². The Morgan fingerprint density at radius 3 is 2.70 bits per heavy atom. The molecule has 2 aromatic carbocycles. The molecule has 2 amide bonds. The average molecular weight is 505 g/mol. The van der Waals surface area contributed by atoms with Gasteiger partial charge in [-0.2, -0.15) is 0 Å². The van der Waals surface area contributed by atoms with Crippen LogP contribution in [0.3, 0.4) is 0 Å². The maximum atomic E-state index is 13.9. The lowest BCUT2D eigenvalue weighted by atomic mass is 9.89. The summed E-state index contributed by atoms with van der Waals surface area (Å²) < 4.78 is 11.4. The minimum atomic E-state index is -0.693. The predicted octanol–water partition coefficient (Wildman–Crippen LogP) is 3.77. The Labute approximate surface area is 218 Å². The van der Waals surface area contributed by atoms with Gasteiger partial charge in [0.05, 0.1) is 32.1 Å². The third-order valence-corrected chi connectivity index (χ3v) is 6.68. The number of carbonyl (C=O) groups is 2. The van der Waals surface area contributed by atoms with Gasteiger partial charge in [-0.15, -0.1) is 0 Å². The van der Waals surface area contributed by atoms with Crippen LogP contribution in [0.1, 0.15) is 48.2 Å². The van der Waals surface area contributed by atoms with Crippen molar-refractivity contribution in [2.75, 3.05) is 20.3 Å². The molecular formula is C29H36N4O4. The van der Waals surface area contributed by atoms with Gasteiger partial charge in [0.1, 0.15) is 11.8 Å². The number of imidazole rings is 1. The molecule has 196 valence electrons. The number of ether oxygens (including phenoxy) is 2. The molecule has 1 fully saturated rings. The predicted molar refractivity (Wildman–Crippen MR) is 141 cm³/mol. The molecular weight excluding hydrogens is 468 g/mol. The van der Waals surface area contributed by atoms with Crippen LogP contribution in [-0.4, -0.2) is 59.1 Å². The second-order valence-corrected chi connectivity index (χ2v) is 9.51. The van der Waals surface area contributed by atoms with E-state index in [2.05, 4.69) is 28.3 Å². The van der Waals surface area contributed by atoms with Crippen LogP contribution in [0, 0.1) is 6.92 Å². The molecule has 8 heteroatoms. The Bertz CT molecular complexity index is 1160. The number of benzene rings is 2. The summed E-state index contributed by atoms with van der Waals surface area (Å²) in [4.78, 5) is 35.7. The van der Waals surface area contributed by atoms with Gasteiger partial charge in [0.2, 0.25) is 11.8 Å². The van der Waals surface area contributed by atoms with Crippen molar-refractivity contribution in [3.05, 3.63) is 83.4 Å². The standard InChI is InChI=1S/C29H36N4O4/c1-4-14-37-26-18-33(28(26)22-7-5-6-20(2)15-22)29(35)25(16-21-8-11-24(36-3)12-9-21)32-27(34)13-10-23-17-30-19-31-23/h5-9,11-12,15,17,19,25-26,28H,4,10,13-14,16,18H2,1-3H3,(H,30,31)(H,32,34)/t25?,26-,28?/m1/s1. The second kappa shape index (κ2) is 12.5. The van der Waals surface area contributed by atoms with Crippen LogP contribution in [0.2, 0.25) is 0 Å². The summed E-state index contributed by atoms with van der Waals surface area (Å²) in [6.45, 7) is 5.27. The molecule has 0 bridgehead atoms. The largest absolute Gasteiger partial charge is 0.497 e. The molecule has 3 aromatic rings. The molecule has 0 spiro atoms. The Morgan fingerprint density at radius 1 is 1.22 bits per heavy atom. The molecule has 0 aliphatic carbocycles. The fourth-order valence-corrected chi connectivity index (χ4v) is 4.69. The topological polar surface area (TPSA) is 96.6 Å². The van der Waals surface area contributed by atoms with Crippen LogP contribution in [0.4, 0.5) is 0 Å². The minimum Gasteiger partial charge on any atom is -0.497 e. The summed E-state index contributed by atoms with van der Waals surface area (Å²) in [5.74, 6) is 0.467. The smallest absolute Gasteiger partial charge is 0.246 e. The van der Waals surface area contributed by atoms with Gasteiger partial charge < -0.3 is 24.7 Å². The molecule has 1 aliphatic heterocycles. The maximum Gasteiger partial charge on any atom is 0.246 e. The molecule has 2 heterocycles. The van der Waals surface area contributed by atoms with Crippen LogP contribution in [-0.2, 0) is 27.2 Å². The van der Waals surface area contributed by atoms with Crippen LogP contribution >= 0.6 is 0 Å². The van der Waals surface area contributed by atoms with E-state index in [-0.39, 0.29) is 30.4 Å². The van der Waals surface area contributed by atoms with E-state index >= 15 is 0 Å². The van der Waals surface area contributed by atoms with E-state index in [0.29, 0.717) is 26.0 Å². The van der Waals surface area contributed by atoms with Gasteiger partial charge in [0.25, 0.3) is 0 Å². The summed E-state index contributed by atoms with van der Waals surface area (Å²) in [6, 6.07) is 14.9. The van der Waals surface area contributed by atoms with Crippen molar-refractivity contribution in [3.8, 4) is 5.75 Å². The molecule has 3 atom stereocenters. The molecule has 37 heavy (non-hydrogen) atoms. The van der Waals surface area contributed by atoms with Crippen molar-refractivity contribution < 1.29 is 19.1 Å². The van der Waals surface area contributed by atoms with E-state index in [1.807, 2.05) is 54.3 Å². The first-order chi connectivity index (χ1) is 18.0. The molecule has 1 aliphatic rings. The number of hydrogen-bond acceptors (Lipinski definition) is 5. The van der Waals surface area contributed by atoms with E-state index in [4.69, 9.17) is 9.47 Å². The first kappa shape index (κ1) is 26.4. The molecule has 0 radical (unpaired) electrons. The van der Waals surface area contributed by atoms with Gasteiger partial charge >= 0.3 is 0 Å². The quantitative estimate of drug-likeness (QED) is 0.392. The van der Waals surface area contributed by atoms with Gasteiger partial charge in [-0.25, -0.2) is 4.98 Å². The number of aromatic nitrogens is 2. The van der Waals surface area contributed by atoms with Gasteiger partial charge in [-0.1, -0.05) is 48.9 Å². The summed E-state index contributed by atoms with van der Waals surface area (Å²) >= 11 is 0. The van der Waals surface area contributed by atoms with Crippen LogP contribution in [0.25, 0.3) is 0 Å². The average Bonchev–Trinajstić information content (AvgIpc) is 3.41. The fourth-order valence-electron chi connectivity index (χ4n) is 4.69. The molecule has 4 rings (SSSR count). The van der Waals surface area contributed by atoms with Crippen molar-refractivity contribution in [1.29, 1.82) is 0 Å². The zero-order valence-electron chi connectivity index (χ0n) is 21.8. The highest BCUT2D eigenvalue weighted by atomic mass is 16.5. The van der Waals surface area contributed by atoms with Crippen molar-refractivity contribution in [2.45, 2.75) is 57.7 Å². The number of nitrogens with zero attached hydrogens (tertiary/aromatic N) is 2. The SMILES string of the molecule is CCCO[C@@H]1CN(C(=O)C(Cc2ccc(OC)cc2)NC(=O)CCc2cnc[nH]2)C1c1cccc(C)c1. The fraction of sp³-hybridized carbons (Fsp3) is 0.414. The van der Waals surface area contributed by atoms with E-state index in [1.54, 1.807) is 19.6 Å². The van der Waals surface area contributed by atoms with Gasteiger partial charge in [-0.05, 0) is 43.0 Å². The molecule has 2 N–H and O–H groups in total. The highest BCUT2D eigenvalue weighted by Crippen LogP contribution is 2.37. The number of aryl methyl sites for hydroxylation is 2. The lowest BCUT2D eigenvalue weighted by Gasteiger charge is -2.49. The first-order valence-corrected chi connectivity index (χ1v) is 12.9. The third kappa shape index (κ3) is 6.77. The van der Waals surface area contributed by atoms with E-state index < -0.39 is 6.04 Å².